The molecule has 0 aromatic carbocycles. The average molecular weight is 480 g/mol. The molecule has 0 aromatic heterocycles. The van der Waals surface area contributed by atoms with Crippen LogP contribution in [0.3, 0.4) is 0 Å². The SMILES string of the molecule is CCC1(CC)CON(OON)OOOCC(CO[N+](=O)[O-])(CO[N+](=O)[O-])CSSC1. The fourth-order valence-corrected chi connectivity index (χ4v) is 5.55. The fraction of sp³-hybridized carbons (Fsp3) is 1.00. The highest BCUT2D eigenvalue weighted by Crippen LogP contribution is 2.39. The fourth-order valence-electron chi connectivity index (χ4n) is 2.14. The second-order valence-electron chi connectivity index (χ2n) is 6.30. The largest absolute Gasteiger partial charge is 0.313 e. The molecule has 0 aromatic rings. The van der Waals surface area contributed by atoms with E-state index in [0.29, 0.717) is 11.1 Å². The van der Waals surface area contributed by atoms with Crippen LogP contribution in [0.15, 0.2) is 0 Å². The van der Waals surface area contributed by atoms with Crippen molar-refractivity contribution in [2.24, 2.45) is 16.7 Å². The van der Waals surface area contributed by atoms with E-state index < -0.39 is 35.4 Å². The van der Waals surface area contributed by atoms with E-state index in [9.17, 15) is 20.2 Å². The number of nitrogens with two attached hydrogens (primary N) is 1. The van der Waals surface area contributed by atoms with Crippen LogP contribution in [-0.4, -0.2) is 53.5 Å². The molecule has 16 nitrogen and oxygen atoms in total. The van der Waals surface area contributed by atoms with E-state index in [1.807, 2.05) is 13.8 Å². The van der Waals surface area contributed by atoms with Gasteiger partial charge in [-0.3, -0.25) is 0 Å². The summed E-state index contributed by atoms with van der Waals surface area (Å²) >= 11 is 0. The lowest BCUT2D eigenvalue weighted by Crippen LogP contribution is -2.41. The molecule has 0 saturated carbocycles. The zero-order valence-corrected chi connectivity index (χ0v) is 17.9. The van der Waals surface area contributed by atoms with Crippen LogP contribution in [0.4, 0.5) is 0 Å². The summed E-state index contributed by atoms with van der Waals surface area (Å²) in [5, 5.41) is 24.1. The van der Waals surface area contributed by atoms with E-state index in [1.54, 1.807) is 0 Å². The van der Waals surface area contributed by atoms with Crippen molar-refractivity contribution in [2.45, 2.75) is 26.7 Å². The van der Waals surface area contributed by atoms with Crippen LogP contribution < -0.4 is 5.90 Å². The maximum Gasteiger partial charge on any atom is 0.294 e. The molecule has 2 N–H and O–H groups in total. The Kier molecular flexibility index (Phi) is 12.5. The highest BCUT2D eigenvalue weighted by Gasteiger charge is 2.37. The van der Waals surface area contributed by atoms with Crippen LogP contribution in [0.5, 0.6) is 0 Å². The van der Waals surface area contributed by atoms with Gasteiger partial charge in [-0.05, 0) is 17.9 Å². The molecular formula is C12H24N4O12S2. The van der Waals surface area contributed by atoms with Gasteiger partial charge in [0.15, 0.2) is 0 Å². The second kappa shape index (κ2) is 14.0. The summed E-state index contributed by atoms with van der Waals surface area (Å²) in [6, 6.07) is 0. The molecule has 1 fully saturated rings. The number of hydrogen-bond acceptors (Lipinski definition) is 16. The van der Waals surface area contributed by atoms with E-state index in [4.69, 9.17) is 15.6 Å². The molecule has 1 aliphatic heterocycles. The molecule has 30 heavy (non-hydrogen) atoms. The minimum absolute atomic E-state index is 0.138. The van der Waals surface area contributed by atoms with Crippen molar-refractivity contribution in [3.63, 3.8) is 0 Å². The van der Waals surface area contributed by atoms with Crippen LogP contribution >= 0.6 is 21.6 Å². The van der Waals surface area contributed by atoms with Gasteiger partial charge in [-0.25, -0.2) is 9.73 Å². The minimum atomic E-state index is -1.33. The summed E-state index contributed by atoms with van der Waals surface area (Å²) in [5.74, 6) is 5.56. The summed E-state index contributed by atoms with van der Waals surface area (Å²) in [7, 11) is 2.77. The molecule has 0 spiro atoms. The van der Waals surface area contributed by atoms with Crippen molar-refractivity contribution < 1.29 is 49.6 Å². The van der Waals surface area contributed by atoms with Crippen molar-refractivity contribution in [2.75, 3.05) is 37.9 Å². The predicted octanol–water partition coefficient (Wildman–Crippen LogP) is 1.36. The van der Waals surface area contributed by atoms with Gasteiger partial charge in [-0.2, -0.15) is 5.90 Å². The third-order valence-corrected chi connectivity index (χ3v) is 7.18. The van der Waals surface area contributed by atoms with Gasteiger partial charge < -0.3 is 9.68 Å². The van der Waals surface area contributed by atoms with Crippen molar-refractivity contribution in [1.29, 1.82) is 0 Å². The Morgan fingerprint density at radius 1 is 1.03 bits per heavy atom. The van der Waals surface area contributed by atoms with Gasteiger partial charge in [-0.15, -0.1) is 25.2 Å². The van der Waals surface area contributed by atoms with Crippen LogP contribution in [0.2, 0.25) is 0 Å². The zero-order valence-electron chi connectivity index (χ0n) is 16.3. The van der Waals surface area contributed by atoms with E-state index in [-0.39, 0.29) is 17.8 Å². The molecule has 1 saturated heterocycles. The van der Waals surface area contributed by atoms with Gasteiger partial charge in [0.1, 0.15) is 18.6 Å². The Morgan fingerprint density at radius 2 is 1.60 bits per heavy atom. The van der Waals surface area contributed by atoms with Crippen LogP contribution in [-0.2, 0) is 39.4 Å². The lowest BCUT2D eigenvalue weighted by molar-refractivity contribution is -0.773. The summed E-state index contributed by atoms with van der Waals surface area (Å²) in [6.45, 7) is 2.54. The first-order valence-electron chi connectivity index (χ1n) is 8.52. The molecular weight excluding hydrogens is 456 g/mol. The first-order chi connectivity index (χ1) is 14.3. The molecule has 0 radical (unpaired) electrons. The Hall–Kier alpha value is -1.22. The van der Waals surface area contributed by atoms with Crippen molar-refractivity contribution in [3.8, 4) is 0 Å². The zero-order chi connectivity index (χ0) is 22.5. The lowest BCUT2D eigenvalue weighted by Gasteiger charge is -2.32. The number of nitrogens with zero attached hydrogens (tertiary/aromatic N) is 3. The quantitative estimate of drug-likeness (QED) is 0.204. The third kappa shape index (κ3) is 9.73. The van der Waals surface area contributed by atoms with Gasteiger partial charge in [0.2, 0.25) is 0 Å². The van der Waals surface area contributed by atoms with Crippen LogP contribution in [0.1, 0.15) is 26.7 Å². The van der Waals surface area contributed by atoms with Gasteiger partial charge in [0, 0.05) is 16.9 Å². The standard InChI is InChI=1S/C12H24N4O12S2/c1-3-11(4-2)5-23-16(26-25-13)27-28-24-8-12(6-21-14(17)18,7-22-15(19)20)10-30-29-9-11/h3-10,13H2,1-2H3. The molecule has 0 bridgehead atoms. The molecule has 0 unspecified atom stereocenters. The molecule has 0 amide bonds. The lowest BCUT2D eigenvalue weighted by atomic mass is 9.85. The van der Waals surface area contributed by atoms with E-state index in [1.165, 1.54) is 21.6 Å². The second-order valence-corrected chi connectivity index (χ2v) is 8.76. The number of rotatable bonds is 10. The smallest absolute Gasteiger partial charge is 0.294 e. The minimum Gasteiger partial charge on any atom is -0.313 e. The summed E-state index contributed by atoms with van der Waals surface area (Å²) in [4.78, 5) is 53.4. The van der Waals surface area contributed by atoms with E-state index >= 15 is 0 Å². The monoisotopic (exact) mass is 480 g/mol. The van der Waals surface area contributed by atoms with Crippen molar-refractivity contribution in [1.82, 2.24) is 5.39 Å². The molecule has 18 heteroatoms. The Morgan fingerprint density at radius 3 is 2.10 bits per heavy atom. The molecule has 0 atom stereocenters. The summed E-state index contributed by atoms with van der Waals surface area (Å²) < 4.78 is 0. The molecule has 1 rings (SSSR count). The van der Waals surface area contributed by atoms with Gasteiger partial charge in [0.25, 0.3) is 10.2 Å². The highest BCUT2D eigenvalue weighted by atomic mass is 33.1. The summed E-state index contributed by atoms with van der Waals surface area (Å²) in [5.41, 5.74) is -1.64. The van der Waals surface area contributed by atoms with Crippen molar-refractivity contribution in [3.05, 3.63) is 20.2 Å². The van der Waals surface area contributed by atoms with Crippen molar-refractivity contribution >= 4 is 21.6 Å². The maximum absolute atomic E-state index is 10.7. The third-order valence-electron chi connectivity index (χ3n) is 4.35. The first-order valence-corrected chi connectivity index (χ1v) is 11.0. The average Bonchev–Trinajstić information content (AvgIpc) is 2.73. The molecule has 1 aliphatic rings. The molecule has 0 aliphatic carbocycles. The molecule has 176 valence electrons. The Labute approximate surface area is 178 Å². The Balaban J connectivity index is 2.99. The van der Waals surface area contributed by atoms with Gasteiger partial charge in [0.05, 0.1) is 18.6 Å². The number of hydrogen-bond donors (Lipinski definition) is 1. The van der Waals surface area contributed by atoms with E-state index in [2.05, 4.69) is 29.7 Å². The predicted molar refractivity (Wildman–Crippen MR) is 98.5 cm³/mol. The maximum atomic E-state index is 10.7. The van der Waals surface area contributed by atoms with E-state index in [0.717, 1.165) is 12.8 Å². The van der Waals surface area contributed by atoms with Crippen LogP contribution in [0, 0.1) is 31.1 Å². The van der Waals surface area contributed by atoms with Crippen LogP contribution in [0.25, 0.3) is 0 Å². The first kappa shape index (κ1) is 26.8. The molecule has 1 heterocycles. The topological polar surface area (TPSA) is 189 Å². The normalized spacial score (nSPS) is 20.9. The van der Waals surface area contributed by atoms with Gasteiger partial charge in [-0.1, -0.05) is 45.4 Å². The Bertz CT molecular complexity index is 511. The van der Waals surface area contributed by atoms with Gasteiger partial charge >= 0.3 is 0 Å². The highest BCUT2D eigenvalue weighted by molar-refractivity contribution is 8.76. The summed E-state index contributed by atoms with van der Waals surface area (Å²) in [6.07, 6.45) is 1.46.